The van der Waals surface area contributed by atoms with Crippen LogP contribution in [0.4, 0.5) is 0 Å². The molecule has 0 atom stereocenters. The van der Waals surface area contributed by atoms with Crippen molar-refractivity contribution in [3.8, 4) is 5.69 Å². The summed E-state index contributed by atoms with van der Waals surface area (Å²) in [6.45, 7) is 2.01. The Morgan fingerprint density at radius 2 is 2.10 bits per heavy atom. The molecule has 1 N–H and O–H groups in total. The molecule has 4 nitrogen and oxygen atoms in total. The predicted octanol–water partition coefficient (Wildman–Crippen LogP) is 3.79. The van der Waals surface area contributed by atoms with Gasteiger partial charge >= 0.3 is 5.97 Å². The SMILES string of the molecule is Cc1cccc(-n2cnc3ccc(C(=O)O)cc32)c1Br. The van der Waals surface area contributed by atoms with Crippen molar-refractivity contribution in [2.24, 2.45) is 0 Å². The van der Waals surface area contributed by atoms with Gasteiger partial charge in [-0.15, -0.1) is 0 Å². The van der Waals surface area contributed by atoms with E-state index in [-0.39, 0.29) is 5.56 Å². The fourth-order valence-electron chi connectivity index (χ4n) is 2.15. The first-order valence-electron chi connectivity index (χ1n) is 6.04. The quantitative estimate of drug-likeness (QED) is 0.777. The molecule has 0 saturated heterocycles. The molecule has 0 radical (unpaired) electrons. The number of carboxylic acids is 1. The van der Waals surface area contributed by atoms with Crippen LogP contribution in [0, 0.1) is 6.92 Å². The maximum Gasteiger partial charge on any atom is 0.335 e. The Hall–Kier alpha value is -2.14. The molecule has 0 fully saturated rings. The van der Waals surface area contributed by atoms with E-state index < -0.39 is 5.97 Å². The van der Waals surface area contributed by atoms with Crippen molar-refractivity contribution in [1.82, 2.24) is 9.55 Å². The average Bonchev–Trinajstić information content (AvgIpc) is 2.84. The van der Waals surface area contributed by atoms with Crippen LogP contribution in [0.2, 0.25) is 0 Å². The third-order valence-corrected chi connectivity index (χ3v) is 4.26. The van der Waals surface area contributed by atoms with Crippen LogP contribution in [0.3, 0.4) is 0 Å². The minimum Gasteiger partial charge on any atom is -0.478 e. The molecular formula is C15H11BrN2O2. The third-order valence-electron chi connectivity index (χ3n) is 3.23. The number of hydrogen-bond donors (Lipinski definition) is 1. The molecule has 3 rings (SSSR count). The molecule has 3 aromatic rings. The monoisotopic (exact) mass is 330 g/mol. The van der Waals surface area contributed by atoms with E-state index in [1.54, 1.807) is 24.5 Å². The van der Waals surface area contributed by atoms with Crippen LogP contribution in [0.25, 0.3) is 16.7 Å². The zero-order valence-corrected chi connectivity index (χ0v) is 12.3. The van der Waals surface area contributed by atoms with Gasteiger partial charge in [0, 0.05) is 4.47 Å². The molecule has 0 saturated carbocycles. The van der Waals surface area contributed by atoms with Crippen molar-refractivity contribution in [2.75, 3.05) is 0 Å². The highest BCUT2D eigenvalue weighted by Gasteiger charge is 2.11. The molecule has 0 bridgehead atoms. The fourth-order valence-corrected chi connectivity index (χ4v) is 2.61. The van der Waals surface area contributed by atoms with E-state index in [0.717, 1.165) is 26.8 Å². The summed E-state index contributed by atoms with van der Waals surface area (Å²) in [5.41, 5.74) is 3.84. The van der Waals surface area contributed by atoms with E-state index in [1.807, 2.05) is 29.7 Å². The Balaban J connectivity index is 2.28. The van der Waals surface area contributed by atoms with Crippen molar-refractivity contribution in [2.45, 2.75) is 6.92 Å². The summed E-state index contributed by atoms with van der Waals surface area (Å²) in [5.74, 6) is -0.942. The summed E-state index contributed by atoms with van der Waals surface area (Å²) >= 11 is 3.57. The number of nitrogens with zero attached hydrogens (tertiary/aromatic N) is 2. The van der Waals surface area contributed by atoms with Gasteiger partial charge in [0.2, 0.25) is 0 Å². The van der Waals surface area contributed by atoms with E-state index >= 15 is 0 Å². The van der Waals surface area contributed by atoms with Gasteiger partial charge in [-0.25, -0.2) is 9.78 Å². The first-order chi connectivity index (χ1) is 9.58. The van der Waals surface area contributed by atoms with E-state index in [0.29, 0.717) is 0 Å². The van der Waals surface area contributed by atoms with Gasteiger partial charge in [-0.3, -0.25) is 4.57 Å². The maximum absolute atomic E-state index is 11.1. The molecular weight excluding hydrogens is 320 g/mol. The van der Waals surface area contributed by atoms with Gasteiger partial charge in [0.25, 0.3) is 0 Å². The van der Waals surface area contributed by atoms with Crippen LogP contribution >= 0.6 is 15.9 Å². The minimum atomic E-state index is -0.942. The number of aromatic carboxylic acids is 1. The molecule has 0 aliphatic heterocycles. The van der Waals surface area contributed by atoms with E-state index in [9.17, 15) is 4.79 Å². The first-order valence-corrected chi connectivity index (χ1v) is 6.83. The molecule has 0 amide bonds. The highest BCUT2D eigenvalue weighted by molar-refractivity contribution is 9.10. The number of carbonyl (C=O) groups is 1. The smallest absolute Gasteiger partial charge is 0.335 e. The Kier molecular flexibility index (Phi) is 3.06. The number of aromatic nitrogens is 2. The number of benzene rings is 2. The van der Waals surface area contributed by atoms with Gasteiger partial charge in [-0.05, 0) is 52.7 Å². The lowest BCUT2D eigenvalue weighted by molar-refractivity contribution is 0.0697. The standard InChI is InChI=1S/C15H11BrN2O2/c1-9-3-2-4-12(14(9)16)18-8-17-11-6-5-10(15(19)20)7-13(11)18/h2-8H,1H3,(H,19,20). The van der Waals surface area contributed by atoms with Gasteiger partial charge in [0.1, 0.15) is 6.33 Å². The Bertz CT molecular complexity index is 824. The normalized spacial score (nSPS) is 10.9. The van der Waals surface area contributed by atoms with Crippen molar-refractivity contribution in [1.29, 1.82) is 0 Å². The van der Waals surface area contributed by atoms with Crippen molar-refractivity contribution >= 4 is 32.9 Å². The second-order valence-electron chi connectivity index (χ2n) is 4.53. The minimum absolute atomic E-state index is 0.253. The predicted molar refractivity (Wildman–Crippen MR) is 80.5 cm³/mol. The Labute approximate surface area is 123 Å². The van der Waals surface area contributed by atoms with Gasteiger partial charge < -0.3 is 5.11 Å². The fraction of sp³-hybridized carbons (Fsp3) is 0.0667. The lowest BCUT2D eigenvalue weighted by Crippen LogP contribution is -1.98. The molecule has 0 aliphatic rings. The number of halogens is 1. The lowest BCUT2D eigenvalue weighted by Gasteiger charge is -2.09. The molecule has 0 unspecified atom stereocenters. The molecule has 20 heavy (non-hydrogen) atoms. The third kappa shape index (κ3) is 2.00. The van der Waals surface area contributed by atoms with Gasteiger partial charge in [-0.1, -0.05) is 12.1 Å². The number of aryl methyl sites for hydroxylation is 1. The zero-order chi connectivity index (χ0) is 14.3. The van der Waals surface area contributed by atoms with Crippen molar-refractivity contribution < 1.29 is 9.90 Å². The van der Waals surface area contributed by atoms with Gasteiger partial charge in [0.05, 0.1) is 22.3 Å². The molecule has 100 valence electrons. The van der Waals surface area contributed by atoms with Crippen molar-refractivity contribution in [3.05, 3.63) is 58.3 Å². The molecule has 0 spiro atoms. The number of rotatable bonds is 2. The van der Waals surface area contributed by atoms with Gasteiger partial charge in [-0.2, -0.15) is 0 Å². The molecule has 0 aliphatic carbocycles. The highest BCUT2D eigenvalue weighted by Crippen LogP contribution is 2.28. The molecule has 2 aromatic carbocycles. The van der Waals surface area contributed by atoms with E-state index in [1.165, 1.54) is 0 Å². The number of fused-ring (bicyclic) bond motifs is 1. The van der Waals surface area contributed by atoms with Gasteiger partial charge in [0.15, 0.2) is 0 Å². The van der Waals surface area contributed by atoms with Crippen LogP contribution in [0.5, 0.6) is 0 Å². The van der Waals surface area contributed by atoms with Crippen LogP contribution in [-0.4, -0.2) is 20.6 Å². The topological polar surface area (TPSA) is 55.1 Å². The number of hydrogen-bond acceptors (Lipinski definition) is 2. The van der Waals surface area contributed by atoms with Crippen LogP contribution in [0.15, 0.2) is 47.2 Å². The first kappa shape index (κ1) is 12.9. The summed E-state index contributed by atoms with van der Waals surface area (Å²) < 4.78 is 2.86. The maximum atomic E-state index is 11.1. The summed E-state index contributed by atoms with van der Waals surface area (Å²) in [7, 11) is 0. The second kappa shape index (κ2) is 4.76. The molecule has 5 heteroatoms. The summed E-state index contributed by atoms with van der Waals surface area (Å²) in [6.07, 6.45) is 1.70. The Morgan fingerprint density at radius 1 is 1.30 bits per heavy atom. The number of carboxylic acid groups (broad SMARTS) is 1. The number of imidazole rings is 1. The lowest BCUT2D eigenvalue weighted by atomic mass is 10.2. The van der Waals surface area contributed by atoms with Crippen molar-refractivity contribution in [3.63, 3.8) is 0 Å². The molecule has 1 aromatic heterocycles. The summed E-state index contributed by atoms with van der Waals surface area (Å²) in [5, 5.41) is 9.10. The van der Waals surface area contributed by atoms with Crippen LogP contribution < -0.4 is 0 Å². The highest BCUT2D eigenvalue weighted by atomic mass is 79.9. The van der Waals surface area contributed by atoms with E-state index in [2.05, 4.69) is 20.9 Å². The van der Waals surface area contributed by atoms with Crippen LogP contribution in [-0.2, 0) is 0 Å². The summed E-state index contributed by atoms with van der Waals surface area (Å²) in [6, 6.07) is 10.9. The Morgan fingerprint density at radius 3 is 2.85 bits per heavy atom. The second-order valence-corrected chi connectivity index (χ2v) is 5.32. The summed E-state index contributed by atoms with van der Waals surface area (Å²) in [4.78, 5) is 15.4. The molecule has 1 heterocycles. The van der Waals surface area contributed by atoms with Crippen LogP contribution in [0.1, 0.15) is 15.9 Å². The largest absolute Gasteiger partial charge is 0.478 e. The van der Waals surface area contributed by atoms with E-state index in [4.69, 9.17) is 5.11 Å². The average molecular weight is 331 g/mol. The zero-order valence-electron chi connectivity index (χ0n) is 10.7.